The average molecular weight is 551 g/mol. The van der Waals surface area contributed by atoms with Crippen LogP contribution in [0.25, 0.3) is 0 Å². The molecule has 0 aliphatic rings. The molecule has 0 amide bonds. The standard InChI is InChI=1S/C38H46O3/c1-3-5-9-19-37(33-21-25-35(26-22-33)39-29-31-15-11-7-12-16-31)41-38(20-10-6-4-2)34-23-27-36(28-24-34)40-30-32-17-13-8-14-18-32/h7-8,11-18,21-28,37-38H,3-6,9-10,19-20,29-30H2,1-2H3. The van der Waals surface area contributed by atoms with Crippen LogP contribution in [0, 0.1) is 0 Å². The van der Waals surface area contributed by atoms with Crippen LogP contribution in [-0.4, -0.2) is 0 Å². The Bertz CT molecular complexity index is 1120. The van der Waals surface area contributed by atoms with Crippen molar-refractivity contribution in [3.05, 3.63) is 131 Å². The fraction of sp³-hybridized carbons (Fsp3) is 0.368. The Balaban J connectivity index is 1.44. The van der Waals surface area contributed by atoms with Gasteiger partial charge in [0.15, 0.2) is 0 Å². The first kappa shape index (κ1) is 30.4. The SMILES string of the molecule is CCCCCC(OC(CCCCC)c1ccc(OCc2ccccc2)cc1)c1ccc(OCc2ccccc2)cc1. The maximum absolute atomic E-state index is 6.97. The van der Waals surface area contributed by atoms with E-state index >= 15 is 0 Å². The summed E-state index contributed by atoms with van der Waals surface area (Å²) in [6, 6.07) is 37.6. The number of rotatable bonds is 18. The number of hydrogen-bond donors (Lipinski definition) is 0. The van der Waals surface area contributed by atoms with Crippen molar-refractivity contribution in [2.75, 3.05) is 0 Å². The Morgan fingerprint density at radius 2 is 0.854 bits per heavy atom. The van der Waals surface area contributed by atoms with Gasteiger partial charge in [0, 0.05) is 0 Å². The van der Waals surface area contributed by atoms with E-state index in [9.17, 15) is 0 Å². The highest BCUT2D eigenvalue weighted by Crippen LogP contribution is 2.35. The molecule has 3 nitrogen and oxygen atoms in total. The van der Waals surface area contributed by atoms with E-state index in [4.69, 9.17) is 14.2 Å². The van der Waals surface area contributed by atoms with Crippen molar-refractivity contribution in [3.8, 4) is 11.5 Å². The first-order valence-corrected chi connectivity index (χ1v) is 15.4. The molecule has 2 atom stereocenters. The van der Waals surface area contributed by atoms with Gasteiger partial charge in [-0.3, -0.25) is 0 Å². The molecule has 0 aliphatic heterocycles. The number of unbranched alkanes of at least 4 members (excludes halogenated alkanes) is 4. The predicted molar refractivity (Wildman–Crippen MR) is 169 cm³/mol. The highest BCUT2D eigenvalue weighted by Gasteiger charge is 2.20. The molecular formula is C38H46O3. The molecular weight excluding hydrogens is 504 g/mol. The average Bonchev–Trinajstić information content (AvgIpc) is 3.03. The Morgan fingerprint density at radius 3 is 1.22 bits per heavy atom. The predicted octanol–water partition coefficient (Wildman–Crippen LogP) is 10.8. The quantitative estimate of drug-likeness (QED) is 0.115. The second-order valence-electron chi connectivity index (χ2n) is 10.8. The Labute approximate surface area is 247 Å². The van der Waals surface area contributed by atoms with Crippen molar-refractivity contribution in [1.29, 1.82) is 0 Å². The summed E-state index contributed by atoms with van der Waals surface area (Å²) in [6.07, 6.45) is 9.25. The number of hydrogen-bond acceptors (Lipinski definition) is 3. The highest BCUT2D eigenvalue weighted by atomic mass is 16.5. The van der Waals surface area contributed by atoms with Gasteiger partial charge >= 0.3 is 0 Å². The third-order valence-electron chi connectivity index (χ3n) is 7.47. The van der Waals surface area contributed by atoms with Crippen molar-refractivity contribution in [3.63, 3.8) is 0 Å². The molecule has 2 unspecified atom stereocenters. The summed E-state index contributed by atoms with van der Waals surface area (Å²) in [4.78, 5) is 0. The van der Waals surface area contributed by atoms with E-state index in [0.29, 0.717) is 13.2 Å². The minimum atomic E-state index is 0.0466. The van der Waals surface area contributed by atoms with Crippen LogP contribution in [0.5, 0.6) is 11.5 Å². The van der Waals surface area contributed by atoms with Crippen LogP contribution in [0.15, 0.2) is 109 Å². The lowest BCUT2D eigenvalue weighted by atomic mass is 9.99. The van der Waals surface area contributed by atoms with Crippen molar-refractivity contribution in [2.45, 2.75) is 90.6 Å². The van der Waals surface area contributed by atoms with Crippen LogP contribution in [0.1, 0.15) is 99.7 Å². The van der Waals surface area contributed by atoms with Crippen LogP contribution >= 0.6 is 0 Å². The fourth-order valence-electron chi connectivity index (χ4n) is 5.02. The summed E-state index contributed by atoms with van der Waals surface area (Å²) in [5.41, 5.74) is 4.78. The Morgan fingerprint density at radius 1 is 0.463 bits per heavy atom. The van der Waals surface area contributed by atoms with Crippen LogP contribution in [0.2, 0.25) is 0 Å². The van der Waals surface area contributed by atoms with Gasteiger partial charge in [0.1, 0.15) is 24.7 Å². The summed E-state index contributed by atoms with van der Waals surface area (Å²) in [6.45, 7) is 5.65. The summed E-state index contributed by atoms with van der Waals surface area (Å²) in [7, 11) is 0. The molecule has 0 saturated heterocycles. The van der Waals surface area contributed by atoms with Gasteiger partial charge in [-0.15, -0.1) is 0 Å². The molecule has 0 bridgehead atoms. The second-order valence-corrected chi connectivity index (χ2v) is 10.8. The Kier molecular flexibility index (Phi) is 12.8. The van der Waals surface area contributed by atoms with Gasteiger partial charge in [0.25, 0.3) is 0 Å². The minimum absolute atomic E-state index is 0.0466. The molecule has 41 heavy (non-hydrogen) atoms. The lowest BCUT2D eigenvalue weighted by Crippen LogP contribution is -2.12. The van der Waals surface area contributed by atoms with Gasteiger partial charge in [-0.05, 0) is 59.4 Å². The first-order valence-electron chi connectivity index (χ1n) is 15.4. The molecule has 0 spiro atoms. The molecule has 3 heteroatoms. The zero-order valence-electron chi connectivity index (χ0n) is 24.8. The van der Waals surface area contributed by atoms with Crippen molar-refractivity contribution in [1.82, 2.24) is 0 Å². The minimum Gasteiger partial charge on any atom is -0.489 e. The molecule has 0 aromatic heterocycles. The topological polar surface area (TPSA) is 27.7 Å². The van der Waals surface area contributed by atoms with Gasteiger partial charge < -0.3 is 14.2 Å². The van der Waals surface area contributed by atoms with E-state index in [0.717, 1.165) is 37.2 Å². The number of benzene rings is 4. The third-order valence-corrected chi connectivity index (χ3v) is 7.47. The van der Waals surface area contributed by atoms with Gasteiger partial charge in [0.05, 0.1) is 12.2 Å². The molecule has 0 aliphatic carbocycles. The molecule has 0 fully saturated rings. The molecule has 4 aromatic rings. The molecule has 0 saturated carbocycles. The summed E-state index contributed by atoms with van der Waals surface area (Å²) < 4.78 is 19.1. The van der Waals surface area contributed by atoms with Gasteiger partial charge in [0.2, 0.25) is 0 Å². The molecule has 0 N–H and O–H groups in total. The lowest BCUT2D eigenvalue weighted by Gasteiger charge is -2.26. The summed E-state index contributed by atoms with van der Waals surface area (Å²) in [5.74, 6) is 1.77. The van der Waals surface area contributed by atoms with Crippen molar-refractivity contribution in [2.24, 2.45) is 0 Å². The van der Waals surface area contributed by atoms with Crippen molar-refractivity contribution < 1.29 is 14.2 Å². The lowest BCUT2D eigenvalue weighted by molar-refractivity contribution is -0.0263. The zero-order chi connectivity index (χ0) is 28.5. The van der Waals surface area contributed by atoms with Crippen LogP contribution < -0.4 is 9.47 Å². The Hall–Kier alpha value is -3.56. The zero-order valence-corrected chi connectivity index (χ0v) is 24.8. The van der Waals surface area contributed by atoms with Crippen LogP contribution in [0.3, 0.4) is 0 Å². The van der Waals surface area contributed by atoms with Crippen LogP contribution in [-0.2, 0) is 18.0 Å². The van der Waals surface area contributed by atoms with E-state index in [1.54, 1.807) is 0 Å². The normalized spacial score (nSPS) is 12.5. The largest absolute Gasteiger partial charge is 0.489 e. The molecule has 0 heterocycles. The van der Waals surface area contributed by atoms with Gasteiger partial charge in [-0.25, -0.2) is 0 Å². The maximum Gasteiger partial charge on any atom is 0.119 e. The van der Waals surface area contributed by atoms with Gasteiger partial charge in [-0.2, -0.15) is 0 Å². The van der Waals surface area contributed by atoms with E-state index in [2.05, 4.69) is 86.6 Å². The smallest absolute Gasteiger partial charge is 0.119 e. The molecule has 0 radical (unpaired) electrons. The second kappa shape index (κ2) is 17.3. The van der Waals surface area contributed by atoms with Gasteiger partial charge in [-0.1, -0.05) is 137 Å². The van der Waals surface area contributed by atoms with Crippen LogP contribution in [0.4, 0.5) is 0 Å². The van der Waals surface area contributed by atoms with Crippen molar-refractivity contribution >= 4 is 0 Å². The molecule has 216 valence electrons. The van der Waals surface area contributed by atoms with E-state index in [1.807, 2.05) is 36.4 Å². The van der Waals surface area contributed by atoms with E-state index in [1.165, 1.54) is 47.9 Å². The fourth-order valence-corrected chi connectivity index (χ4v) is 5.02. The summed E-state index contributed by atoms with van der Waals surface area (Å²) in [5, 5.41) is 0. The van der Waals surface area contributed by atoms with E-state index < -0.39 is 0 Å². The molecule has 4 rings (SSSR count). The number of ether oxygens (including phenoxy) is 3. The third kappa shape index (κ3) is 10.4. The van der Waals surface area contributed by atoms with E-state index in [-0.39, 0.29) is 12.2 Å². The summed E-state index contributed by atoms with van der Waals surface area (Å²) >= 11 is 0. The first-order chi connectivity index (χ1) is 20.2. The maximum atomic E-state index is 6.97. The molecule has 4 aromatic carbocycles. The highest BCUT2D eigenvalue weighted by molar-refractivity contribution is 5.31. The monoisotopic (exact) mass is 550 g/mol.